The summed E-state index contributed by atoms with van der Waals surface area (Å²) in [6, 6.07) is 57.3. The maximum absolute atomic E-state index is 12.8. The van der Waals surface area contributed by atoms with Crippen molar-refractivity contribution in [3.63, 3.8) is 0 Å². The molecule has 0 aromatic heterocycles. The van der Waals surface area contributed by atoms with Crippen LogP contribution in [0.5, 0.6) is 34.5 Å². The van der Waals surface area contributed by atoms with Gasteiger partial charge in [0, 0.05) is 36.6 Å². The van der Waals surface area contributed by atoms with Crippen molar-refractivity contribution in [1.29, 1.82) is 0 Å². The Bertz CT molecular complexity index is 2380. The Hall–Kier alpha value is -7.19. The third-order valence-electron chi connectivity index (χ3n) is 10.0. The first-order chi connectivity index (χ1) is 29.5. The van der Waals surface area contributed by atoms with Gasteiger partial charge in [-0.25, -0.2) is 0 Å². The summed E-state index contributed by atoms with van der Waals surface area (Å²) in [6.45, 7) is 2.91. The number of ether oxygens (including phenoxy) is 7. The summed E-state index contributed by atoms with van der Waals surface area (Å²) in [6.07, 6.45) is -1.19. The molecule has 7 aromatic rings. The molecule has 0 spiro atoms. The predicted molar refractivity (Wildman–Crippen MR) is 229 cm³/mol. The second kappa shape index (κ2) is 19.5. The highest BCUT2D eigenvalue weighted by atomic mass is 16.6. The molecule has 0 unspecified atom stereocenters. The van der Waals surface area contributed by atoms with Gasteiger partial charge in [-0.1, -0.05) is 152 Å². The van der Waals surface area contributed by atoms with E-state index in [0.29, 0.717) is 59.7 Å². The molecule has 0 radical (unpaired) electrons. The Labute approximate surface area is 350 Å². The third-order valence-corrected chi connectivity index (χ3v) is 10.0. The quantitative estimate of drug-likeness (QED) is 0.0843. The van der Waals surface area contributed by atoms with Crippen molar-refractivity contribution in [2.75, 3.05) is 0 Å². The lowest BCUT2D eigenvalue weighted by Gasteiger charge is -2.35. The smallest absolute Gasteiger partial charge is 0.303 e. The topological polar surface area (TPSA) is 81.7 Å². The first-order valence-corrected chi connectivity index (χ1v) is 20.1. The van der Waals surface area contributed by atoms with Gasteiger partial charge in [-0.3, -0.25) is 4.79 Å². The van der Waals surface area contributed by atoms with E-state index in [4.69, 9.17) is 33.2 Å². The van der Waals surface area contributed by atoms with Gasteiger partial charge in [0.15, 0.2) is 17.6 Å². The molecule has 60 heavy (non-hydrogen) atoms. The first-order valence-electron chi connectivity index (χ1n) is 20.1. The van der Waals surface area contributed by atoms with Crippen molar-refractivity contribution < 1.29 is 38.0 Å². The number of carbonyl (C=O) groups excluding carboxylic acids is 1. The number of rotatable bonds is 17. The molecular formula is C52H46O8. The largest absolute Gasteiger partial charge is 0.489 e. The molecule has 1 heterocycles. The zero-order valence-electron chi connectivity index (χ0n) is 33.4. The molecule has 302 valence electrons. The fraction of sp³-hybridized carbons (Fsp3) is 0.173. The van der Waals surface area contributed by atoms with E-state index in [1.807, 2.05) is 176 Å². The molecule has 0 bridgehead atoms. The lowest BCUT2D eigenvalue weighted by molar-refractivity contribution is -0.152. The lowest BCUT2D eigenvalue weighted by atomic mass is 9.93. The van der Waals surface area contributed by atoms with Crippen LogP contribution >= 0.6 is 0 Å². The van der Waals surface area contributed by atoms with E-state index < -0.39 is 18.2 Å². The molecule has 8 nitrogen and oxygen atoms in total. The standard InChI is InChI=1S/C52H46O8/c1-37(53)59-50-31-45-46(55-33-39-19-9-3-10-20-39)29-44(54-32-38-17-7-2-8-18-38)30-47(45)60-51(50)43-27-48(56-34-40-21-11-4-12-22-40)52(58-36-42-25-15-6-16-26-42)49(28-43)57-35-41-23-13-5-14-24-41/h2-30,50-51H,31-36H2,1H3/t50-,51-/m1/s1. The Morgan fingerprint density at radius 2 is 0.900 bits per heavy atom. The minimum absolute atomic E-state index is 0.274. The number of esters is 1. The highest BCUT2D eigenvalue weighted by Crippen LogP contribution is 2.48. The maximum Gasteiger partial charge on any atom is 0.303 e. The number of hydrogen-bond donors (Lipinski definition) is 0. The molecule has 0 N–H and O–H groups in total. The monoisotopic (exact) mass is 798 g/mol. The maximum atomic E-state index is 12.8. The molecule has 8 heteroatoms. The molecule has 0 saturated carbocycles. The van der Waals surface area contributed by atoms with Crippen LogP contribution < -0.4 is 28.4 Å². The SMILES string of the molecule is CC(=O)O[C@@H]1Cc2c(OCc3ccccc3)cc(OCc3ccccc3)cc2O[C@@H]1c1cc(OCc2ccccc2)c(OCc2ccccc2)c(OCc2ccccc2)c1. The van der Waals surface area contributed by atoms with Gasteiger partial charge in [0.25, 0.3) is 0 Å². The van der Waals surface area contributed by atoms with Gasteiger partial charge in [-0.2, -0.15) is 0 Å². The van der Waals surface area contributed by atoms with Crippen molar-refractivity contribution in [1.82, 2.24) is 0 Å². The molecule has 0 saturated heterocycles. The molecule has 2 atom stereocenters. The van der Waals surface area contributed by atoms with Gasteiger partial charge in [0.05, 0.1) is 0 Å². The van der Waals surface area contributed by atoms with E-state index in [9.17, 15) is 4.79 Å². The Balaban J connectivity index is 1.19. The summed E-state index contributed by atoms with van der Waals surface area (Å²) in [5.41, 5.74) is 6.43. The Morgan fingerprint density at radius 3 is 1.33 bits per heavy atom. The number of hydrogen-bond acceptors (Lipinski definition) is 8. The van der Waals surface area contributed by atoms with E-state index >= 15 is 0 Å². The predicted octanol–water partition coefficient (Wildman–Crippen LogP) is 11.2. The van der Waals surface area contributed by atoms with Crippen LogP contribution in [0.2, 0.25) is 0 Å². The van der Waals surface area contributed by atoms with Crippen LogP contribution in [-0.2, 0) is 49.0 Å². The Kier molecular flexibility index (Phi) is 12.9. The molecule has 0 amide bonds. The zero-order chi connectivity index (χ0) is 40.9. The van der Waals surface area contributed by atoms with Crippen LogP contribution in [0, 0.1) is 0 Å². The zero-order valence-corrected chi connectivity index (χ0v) is 33.4. The first kappa shape index (κ1) is 39.6. The number of benzene rings is 7. The van der Waals surface area contributed by atoms with Crippen LogP contribution in [-0.4, -0.2) is 12.1 Å². The molecule has 0 aliphatic carbocycles. The highest BCUT2D eigenvalue weighted by Gasteiger charge is 2.37. The van der Waals surface area contributed by atoms with Crippen molar-refractivity contribution in [2.45, 2.75) is 58.6 Å². The van der Waals surface area contributed by atoms with Crippen molar-refractivity contribution in [3.8, 4) is 34.5 Å². The van der Waals surface area contributed by atoms with Gasteiger partial charge in [-0.05, 0) is 39.9 Å². The van der Waals surface area contributed by atoms with Crippen LogP contribution in [0.15, 0.2) is 176 Å². The molecule has 1 aliphatic heterocycles. The average Bonchev–Trinajstić information content (AvgIpc) is 3.29. The number of carbonyl (C=O) groups is 1. The summed E-state index contributed by atoms with van der Waals surface area (Å²) >= 11 is 0. The summed E-state index contributed by atoms with van der Waals surface area (Å²) in [5, 5.41) is 0. The van der Waals surface area contributed by atoms with Crippen molar-refractivity contribution in [3.05, 3.63) is 215 Å². The Morgan fingerprint density at radius 1 is 0.500 bits per heavy atom. The molecule has 8 rings (SSSR count). The van der Waals surface area contributed by atoms with Gasteiger partial charge < -0.3 is 33.2 Å². The minimum Gasteiger partial charge on any atom is -0.489 e. The van der Waals surface area contributed by atoms with Crippen molar-refractivity contribution in [2.24, 2.45) is 0 Å². The second-order valence-electron chi connectivity index (χ2n) is 14.5. The summed E-state index contributed by atoms with van der Waals surface area (Å²) in [4.78, 5) is 12.8. The third kappa shape index (κ3) is 10.5. The van der Waals surface area contributed by atoms with Crippen LogP contribution in [0.1, 0.15) is 52.0 Å². The van der Waals surface area contributed by atoms with Crippen LogP contribution in [0.3, 0.4) is 0 Å². The lowest BCUT2D eigenvalue weighted by Crippen LogP contribution is -2.34. The van der Waals surface area contributed by atoms with Gasteiger partial charge in [0.1, 0.15) is 56.4 Å². The summed E-state index contributed by atoms with van der Waals surface area (Å²) in [7, 11) is 0. The summed E-state index contributed by atoms with van der Waals surface area (Å²) in [5.74, 6) is 2.64. The van der Waals surface area contributed by atoms with E-state index in [1.165, 1.54) is 6.92 Å². The fourth-order valence-electron chi connectivity index (χ4n) is 7.03. The van der Waals surface area contributed by atoms with Crippen LogP contribution in [0.4, 0.5) is 0 Å². The van der Waals surface area contributed by atoms with Crippen LogP contribution in [0.25, 0.3) is 0 Å². The number of fused-ring (bicyclic) bond motifs is 1. The molecule has 1 aliphatic rings. The van der Waals surface area contributed by atoms with E-state index in [-0.39, 0.29) is 19.8 Å². The van der Waals surface area contributed by atoms with Crippen molar-refractivity contribution >= 4 is 5.97 Å². The van der Waals surface area contributed by atoms with Gasteiger partial charge >= 0.3 is 5.97 Å². The fourth-order valence-corrected chi connectivity index (χ4v) is 7.03. The molecule has 7 aromatic carbocycles. The van der Waals surface area contributed by atoms with E-state index in [2.05, 4.69) is 0 Å². The molecular weight excluding hydrogens is 753 g/mol. The minimum atomic E-state index is -0.769. The highest BCUT2D eigenvalue weighted by molar-refractivity contribution is 5.67. The molecule has 0 fully saturated rings. The van der Waals surface area contributed by atoms with E-state index in [1.54, 1.807) is 0 Å². The summed E-state index contributed by atoms with van der Waals surface area (Å²) < 4.78 is 45.6. The van der Waals surface area contributed by atoms with Gasteiger partial charge in [0.2, 0.25) is 5.75 Å². The average molecular weight is 799 g/mol. The van der Waals surface area contributed by atoms with E-state index in [0.717, 1.165) is 33.4 Å². The normalized spacial score (nSPS) is 14.2. The van der Waals surface area contributed by atoms with Gasteiger partial charge in [-0.15, -0.1) is 0 Å². The second-order valence-corrected chi connectivity index (χ2v) is 14.5.